The number of aliphatic carboxylic acids is 1. The molecular formula is C11H12N2O3. The van der Waals surface area contributed by atoms with Gasteiger partial charge >= 0.3 is 5.97 Å². The number of carbonyl (C=O) groups is 1. The molecule has 0 amide bonds. The van der Waals surface area contributed by atoms with Gasteiger partial charge in [0.25, 0.3) is 0 Å². The maximum atomic E-state index is 10.8. The summed E-state index contributed by atoms with van der Waals surface area (Å²) in [6, 6.07) is 3.66. The standard InChI is InChI=1S/C11H12N2O3/c1-6-3-4-9(16-6)8-5-12-10(13-8)7(2)11(14)15/h3-5,7H,1-2H3,(H,12,13)(H,14,15). The summed E-state index contributed by atoms with van der Waals surface area (Å²) in [5.41, 5.74) is 0.691. The van der Waals surface area contributed by atoms with Crippen molar-refractivity contribution in [1.29, 1.82) is 0 Å². The Morgan fingerprint density at radius 3 is 2.88 bits per heavy atom. The number of imidazole rings is 1. The van der Waals surface area contributed by atoms with Crippen molar-refractivity contribution in [1.82, 2.24) is 9.97 Å². The third-order valence-electron chi connectivity index (χ3n) is 2.38. The Morgan fingerprint density at radius 2 is 2.31 bits per heavy atom. The smallest absolute Gasteiger partial charge is 0.313 e. The predicted octanol–water partition coefficient (Wildman–Crippen LogP) is 2.17. The van der Waals surface area contributed by atoms with Crippen molar-refractivity contribution in [3.8, 4) is 11.5 Å². The predicted molar refractivity (Wildman–Crippen MR) is 57.1 cm³/mol. The van der Waals surface area contributed by atoms with Crippen LogP contribution in [0.25, 0.3) is 11.5 Å². The summed E-state index contributed by atoms with van der Waals surface area (Å²) in [5, 5.41) is 8.84. The summed E-state index contributed by atoms with van der Waals surface area (Å²) >= 11 is 0. The van der Waals surface area contributed by atoms with E-state index >= 15 is 0 Å². The second-order valence-electron chi connectivity index (χ2n) is 3.65. The number of furan rings is 1. The highest BCUT2D eigenvalue weighted by Gasteiger charge is 2.18. The van der Waals surface area contributed by atoms with Gasteiger partial charge in [-0.05, 0) is 26.0 Å². The highest BCUT2D eigenvalue weighted by atomic mass is 16.4. The maximum absolute atomic E-state index is 10.8. The van der Waals surface area contributed by atoms with E-state index in [0.717, 1.165) is 5.76 Å². The first-order chi connectivity index (χ1) is 7.58. The maximum Gasteiger partial charge on any atom is 0.313 e. The first-order valence-electron chi connectivity index (χ1n) is 4.92. The minimum Gasteiger partial charge on any atom is -0.481 e. The first-order valence-corrected chi connectivity index (χ1v) is 4.92. The Hall–Kier alpha value is -2.04. The lowest BCUT2D eigenvalue weighted by Crippen LogP contribution is -2.08. The number of aromatic nitrogens is 2. The summed E-state index contributed by atoms with van der Waals surface area (Å²) in [5.74, 6) is 0.337. The highest BCUT2D eigenvalue weighted by molar-refractivity contribution is 5.74. The van der Waals surface area contributed by atoms with E-state index in [4.69, 9.17) is 9.52 Å². The van der Waals surface area contributed by atoms with Crippen LogP contribution in [0.4, 0.5) is 0 Å². The monoisotopic (exact) mass is 220 g/mol. The molecule has 16 heavy (non-hydrogen) atoms. The number of H-pyrrole nitrogens is 1. The molecule has 2 N–H and O–H groups in total. The quantitative estimate of drug-likeness (QED) is 0.830. The van der Waals surface area contributed by atoms with Gasteiger partial charge in [-0.1, -0.05) is 0 Å². The van der Waals surface area contributed by atoms with Crippen LogP contribution in [0.2, 0.25) is 0 Å². The molecule has 2 aromatic heterocycles. The van der Waals surface area contributed by atoms with Gasteiger partial charge < -0.3 is 14.5 Å². The molecule has 1 atom stereocenters. The van der Waals surface area contributed by atoms with Crippen molar-refractivity contribution in [3.05, 3.63) is 29.9 Å². The van der Waals surface area contributed by atoms with Crippen LogP contribution in [0.5, 0.6) is 0 Å². The van der Waals surface area contributed by atoms with Gasteiger partial charge in [-0.2, -0.15) is 0 Å². The van der Waals surface area contributed by atoms with E-state index in [1.807, 2.05) is 19.1 Å². The molecule has 2 aromatic rings. The molecule has 1 unspecified atom stereocenters. The van der Waals surface area contributed by atoms with Crippen molar-refractivity contribution in [2.24, 2.45) is 0 Å². The van der Waals surface area contributed by atoms with Crippen LogP contribution < -0.4 is 0 Å². The molecule has 0 saturated carbocycles. The number of carboxylic acids is 1. The topological polar surface area (TPSA) is 79.1 Å². The molecule has 0 aliphatic rings. The Morgan fingerprint density at radius 1 is 1.56 bits per heavy atom. The zero-order valence-electron chi connectivity index (χ0n) is 9.02. The fourth-order valence-electron chi connectivity index (χ4n) is 1.38. The van der Waals surface area contributed by atoms with E-state index in [1.165, 1.54) is 0 Å². The lowest BCUT2D eigenvalue weighted by Gasteiger charge is -2.00. The molecule has 0 fully saturated rings. The van der Waals surface area contributed by atoms with Gasteiger partial charge in [-0.15, -0.1) is 0 Å². The van der Waals surface area contributed by atoms with E-state index in [9.17, 15) is 4.79 Å². The Bertz CT molecular complexity index is 513. The van der Waals surface area contributed by atoms with Crippen molar-refractivity contribution >= 4 is 5.97 Å². The second-order valence-corrected chi connectivity index (χ2v) is 3.65. The van der Waals surface area contributed by atoms with E-state index in [-0.39, 0.29) is 0 Å². The average Bonchev–Trinajstić information content (AvgIpc) is 2.84. The van der Waals surface area contributed by atoms with Gasteiger partial charge in [0.1, 0.15) is 23.2 Å². The zero-order chi connectivity index (χ0) is 11.7. The summed E-state index contributed by atoms with van der Waals surface area (Å²) in [7, 11) is 0. The van der Waals surface area contributed by atoms with E-state index < -0.39 is 11.9 Å². The van der Waals surface area contributed by atoms with Crippen LogP contribution in [0.15, 0.2) is 22.7 Å². The summed E-state index contributed by atoms with van der Waals surface area (Å²) in [6.45, 7) is 3.43. The Balaban J connectivity index is 2.29. The summed E-state index contributed by atoms with van der Waals surface area (Å²) in [6.07, 6.45) is 1.58. The first kappa shape index (κ1) is 10.5. The Labute approximate surface area is 92.1 Å². The minimum absolute atomic E-state index is 0.427. The van der Waals surface area contributed by atoms with Gasteiger partial charge in [0.05, 0.1) is 6.20 Å². The highest BCUT2D eigenvalue weighted by Crippen LogP contribution is 2.22. The second kappa shape index (κ2) is 3.84. The number of nitrogens with zero attached hydrogens (tertiary/aromatic N) is 1. The Kier molecular flexibility index (Phi) is 2.52. The molecule has 0 aliphatic carbocycles. The van der Waals surface area contributed by atoms with Gasteiger partial charge in [-0.25, -0.2) is 4.98 Å². The molecule has 0 aromatic carbocycles. The van der Waals surface area contributed by atoms with E-state index in [1.54, 1.807) is 13.1 Å². The largest absolute Gasteiger partial charge is 0.481 e. The molecule has 0 radical (unpaired) electrons. The van der Waals surface area contributed by atoms with Crippen molar-refractivity contribution < 1.29 is 14.3 Å². The van der Waals surface area contributed by atoms with Gasteiger partial charge in [-0.3, -0.25) is 4.79 Å². The molecule has 0 bridgehead atoms. The van der Waals surface area contributed by atoms with Crippen LogP contribution in [0.1, 0.15) is 24.4 Å². The average molecular weight is 220 g/mol. The van der Waals surface area contributed by atoms with Crippen LogP contribution in [-0.4, -0.2) is 21.0 Å². The number of aromatic amines is 1. The fourth-order valence-corrected chi connectivity index (χ4v) is 1.38. The van der Waals surface area contributed by atoms with Gasteiger partial charge in [0.15, 0.2) is 5.76 Å². The number of nitrogens with one attached hydrogen (secondary N) is 1. The SMILES string of the molecule is Cc1ccc(-c2cnc(C(C)C(=O)O)[nH]2)o1. The third kappa shape index (κ3) is 1.84. The zero-order valence-corrected chi connectivity index (χ0v) is 9.02. The molecule has 0 aliphatic heterocycles. The number of rotatable bonds is 3. The lowest BCUT2D eigenvalue weighted by molar-refractivity contribution is -0.138. The summed E-state index contributed by atoms with van der Waals surface area (Å²) in [4.78, 5) is 17.7. The van der Waals surface area contributed by atoms with E-state index in [2.05, 4.69) is 9.97 Å². The molecule has 84 valence electrons. The molecule has 0 spiro atoms. The third-order valence-corrected chi connectivity index (χ3v) is 2.38. The molecule has 5 heteroatoms. The molecular weight excluding hydrogens is 208 g/mol. The number of hydrogen-bond donors (Lipinski definition) is 2. The van der Waals surface area contributed by atoms with E-state index in [0.29, 0.717) is 17.3 Å². The number of aryl methyl sites for hydroxylation is 1. The van der Waals surface area contributed by atoms with Crippen LogP contribution >= 0.6 is 0 Å². The van der Waals surface area contributed by atoms with Crippen molar-refractivity contribution in [3.63, 3.8) is 0 Å². The number of carboxylic acid groups (broad SMARTS) is 1. The summed E-state index contributed by atoms with van der Waals surface area (Å²) < 4.78 is 5.40. The van der Waals surface area contributed by atoms with Crippen molar-refractivity contribution in [2.45, 2.75) is 19.8 Å². The van der Waals surface area contributed by atoms with Crippen LogP contribution in [-0.2, 0) is 4.79 Å². The van der Waals surface area contributed by atoms with Crippen molar-refractivity contribution in [2.75, 3.05) is 0 Å². The number of hydrogen-bond acceptors (Lipinski definition) is 3. The van der Waals surface area contributed by atoms with Crippen LogP contribution in [0.3, 0.4) is 0 Å². The normalized spacial score (nSPS) is 12.6. The molecule has 0 saturated heterocycles. The molecule has 5 nitrogen and oxygen atoms in total. The van der Waals surface area contributed by atoms with Crippen LogP contribution in [0, 0.1) is 6.92 Å². The lowest BCUT2D eigenvalue weighted by atomic mass is 10.2. The molecule has 2 heterocycles. The molecule has 2 rings (SSSR count). The fraction of sp³-hybridized carbons (Fsp3) is 0.273. The van der Waals surface area contributed by atoms with Gasteiger partial charge in [0.2, 0.25) is 0 Å². The minimum atomic E-state index is -0.906. The van der Waals surface area contributed by atoms with Gasteiger partial charge in [0, 0.05) is 0 Å².